The molecule has 0 saturated heterocycles. The van der Waals surface area contributed by atoms with E-state index in [1.807, 2.05) is 32.0 Å². The van der Waals surface area contributed by atoms with E-state index in [-0.39, 0.29) is 12.4 Å². The van der Waals surface area contributed by atoms with Crippen molar-refractivity contribution in [1.82, 2.24) is 0 Å². The smallest absolute Gasteiger partial charge is 0.188 e. The van der Waals surface area contributed by atoms with E-state index in [4.69, 9.17) is 14.2 Å². The van der Waals surface area contributed by atoms with E-state index in [1.165, 1.54) is 0 Å². The summed E-state index contributed by atoms with van der Waals surface area (Å²) < 4.78 is 15.4. The van der Waals surface area contributed by atoms with E-state index < -0.39 is 0 Å². The number of aryl methyl sites for hydroxylation is 2. The van der Waals surface area contributed by atoms with Crippen LogP contribution in [0.3, 0.4) is 0 Å². The Labute approximate surface area is 114 Å². The van der Waals surface area contributed by atoms with Crippen molar-refractivity contribution in [3.8, 4) is 0 Å². The van der Waals surface area contributed by atoms with Crippen LogP contribution in [-0.4, -0.2) is 45.9 Å². The lowest BCUT2D eigenvalue weighted by atomic mass is 10.0. The number of benzene rings is 1. The minimum absolute atomic E-state index is 0.00870. The SMILES string of the molecule is COCCOCCOCC(=O)c1ccc(C)cc1C. The molecule has 0 aliphatic rings. The molecule has 1 aromatic carbocycles. The van der Waals surface area contributed by atoms with Crippen LogP contribution in [0.5, 0.6) is 0 Å². The number of ketones is 1. The molecule has 106 valence electrons. The molecule has 4 heteroatoms. The van der Waals surface area contributed by atoms with Crippen LogP contribution < -0.4 is 0 Å². The van der Waals surface area contributed by atoms with E-state index in [1.54, 1.807) is 7.11 Å². The van der Waals surface area contributed by atoms with Gasteiger partial charge in [0.05, 0.1) is 26.4 Å². The lowest BCUT2D eigenvalue weighted by Gasteiger charge is -2.07. The maximum atomic E-state index is 11.9. The van der Waals surface area contributed by atoms with Crippen molar-refractivity contribution in [2.45, 2.75) is 13.8 Å². The number of methoxy groups -OCH3 is 1. The molecule has 0 fully saturated rings. The molecule has 0 bridgehead atoms. The Balaban J connectivity index is 2.24. The summed E-state index contributed by atoms with van der Waals surface area (Å²) in [5, 5.41) is 0. The van der Waals surface area contributed by atoms with E-state index in [0.717, 1.165) is 16.7 Å². The minimum Gasteiger partial charge on any atom is -0.382 e. The van der Waals surface area contributed by atoms with Gasteiger partial charge in [-0.15, -0.1) is 0 Å². The second kappa shape index (κ2) is 8.80. The van der Waals surface area contributed by atoms with Gasteiger partial charge in [0.1, 0.15) is 6.61 Å². The van der Waals surface area contributed by atoms with Crippen molar-refractivity contribution >= 4 is 5.78 Å². The molecule has 19 heavy (non-hydrogen) atoms. The van der Waals surface area contributed by atoms with Gasteiger partial charge >= 0.3 is 0 Å². The van der Waals surface area contributed by atoms with Crippen LogP contribution in [0.2, 0.25) is 0 Å². The highest BCUT2D eigenvalue weighted by Gasteiger charge is 2.08. The summed E-state index contributed by atoms with van der Waals surface area (Å²) in [5.74, 6) is 0.00870. The minimum atomic E-state index is 0.00870. The van der Waals surface area contributed by atoms with Crippen molar-refractivity contribution < 1.29 is 19.0 Å². The monoisotopic (exact) mass is 266 g/mol. The van der Waals surface area contributed by atoms with Crippen LogP contribution in [0.4, 0.5) is 0 Å². The largest absolute Gasteiger partial charge is 0.382 e. The Morgan fingerprint density at radius 3 is 2.42 bits per heavy atom. The molecule has 0 spiro atoms. The molecule has 0 aliphatic carbocycles. The van der Waals surface area contributed by atoms with Crippen molar-refractivity contribution in [3.05, 3.63) is 34.9 Å². The zero-order chi connectivity index (χ0) is 14.1. The molecule has 1 aromatic rings. The fourth-order valence-electron chi connectivity index (χ4n) is 1.73. The predicted octanol–water partition coefficient (Wildman–Crippen LogP) is 2.17. The van der Waals surface area contributed by atoms with Gasteiger partial charge in [0.25, 0.3) is 0 Å². The Hall–Kier alpha value is -1.23. The Bertz CT molecular complexity index is 401. The topological polar surface area (TPSA) is 44.8 Å². The van der Waals surface area contributed by atoms with Gasteiger partial charge in [-0.05, 0) is 19.4 Å². The first kappa shape index (κ1) is 15.8. The van der Waals surface area contributed by atoms with Gasteiger partial charge in [-0.2, -0.15) is 0 Å². The number of Topliss-reactive ketones (excluding diaryl/α,β-unsaturated/α-hetero) is 1. The van der Waals surface area contributed by atoms with Crippen LogP contribution in [-0.2, 0) is 14.2 Å². The summed E-state index contributed by atoms with van der Waals surface area (Å²) in [6, 6.07) is 5.79. The molecular weight excluding hydrogens is 244 g/mol. The summed E-state index contributed by atoms with van der Waals surface area (Å²) >= 11 is 0. The van der Waals surface area contributed by atoms with E-state index >= 15 is 0 Å². The fourth-order valence-corrected chi connectivity index (χ4v) is 1.73. The Morgan fingerprint density at radius 2 is 1.74 bits per heavy atom. The van der Waals surface area contributed by atoms with Gasteiger partial charge in [0.15, 0.2) is 5.78 Å². The third kappa shape index (κ3) is 5.96. The lowest BCUT2D eigenvalue weighted by molar-refractivity contribution is 0.0253. The summed E-state index contributed by atoms with van der Waals surface area (Å²) in [7, 11) is 1.63. The highest BCUT2D eigenvalue weighted by atomic mass is 16.5. The molecule has 0 heterocycles. The summed E-state index contributed by atoms with van der Waals surface area (Å²) in [6.07, 6.45) is 0. The molecule has 0 saturated carbocycles. The first-order chi connectivity index (χ1) is 9.15. The molecule has 0 amide bonds. The Kier molecular flexibility index (Phi) is 7.33. The second-order valence-corrected chi connectivity index (χ2v) is 4.40. The van der Waals surface area contributed by atoms with Crippen LogP contribution in [0.25, 0.3) is 0 Å². The number of rotatable bonds is 9. The summed E-state index contributed by atoms with van der Waals surface area (Å²) in [5.41, 5.74) is 2.87. The molecule has 0 N–H and O–H groups in total. The number of carbonyl (C=O) groups excluding carboxylic acids is 1. The zero-order valence-electron chi connectivity index (χ0n) is 11.9. The molecule has 0 atom stereocenters. The second-order valence-electron chi connectivity index (χ2n) is 4.40. The third-order valence-electron chi connectivity index (χ3n) is 2.72. The van der Waals surface area contributed by atoms with E-state index in [0.29, 0.717) is 26.4 Å². The average molecular weight is 266 g/mol. The highest BCUT2D eigenvalue weighted by Crippen LogP contribution is 2.11. The maximum Gasteiger partial charge on any atom is 0.188 e. The Morgan fingerprint density at radius 1 is 1.05 bits per heavy atom. The van der Waals surface area contributed by atoms with Crippen LogP contribution in [0.15, 0.2) is 18.2 Å². The van der Waals surface area contributed by atoms with Gasteiger partial charge in [-0.3, -0.25) is 4.79 Å². The summed E-state index contributed by atoms with van der Waals surface area (Å²) in [6.45, 7) is 6.05. The lowest BCUT2D eigenvalue weighted by Crippen LogP contribution is -2.14. The third-order valence-corrected chi connectivity index (χ3v) is 2.72. The number of ether oxygens (including phenoxy) is 3. The maximum absolute atomic E-state index is 11.9. The fraction of sp³-hybridized carbons (Fsp3) is 0.533. The molecule has 4 nitrogen and oxygen atoms in total. The van der Waals surface area contributed by atoms with Crippen LogP contribution >= 0.6 is 0 Å². The van der Waals surface area contributed by atoms with Gasteiger partial charge in [-0.25, -0.2) is 0 Å². The van der Waals surface area contributed by atoms with Crippen LogP contribution in [0, 0.1) is 13.8 Å². The molecule has 0 radical (unpaired) electrons. The number of carbonyl (C=O) groups is 1. The van der Waals surface area contributed by atoms with Crippen molar-refractivity contribution in [3.63, 3.8) is 0 Å². The highest BCUT2D eigenvalue weighted by molar-refractivity contribution is 5.98. The zero-order valence-corrected chi connectivity index (χ0v) is 11.9. The van der Waals surface area contributed by atoms with Crippen LogP contribution in [0.1, 0.15) is 21.5 Å². The van der Waals surface area contributed by atoms with Crippen molar-refractivity contribution in [1.29, 1.82) is 0 Å². The van der Waals surface area contributed by atoms with E-state index in [2.05, 4.69) is 0 Å². The quantitative estimate of drug-likeness (QED) is 0.507. The van der Waals surface area contributed by atoms with Gasteiger partial charge in [-0.1, -0.05) is 23.8 Å². The molecule has 0 unspecified atom stereocenters. The first-order valence-corrected chi connectivity index (χ1v) is 6.40. The number of hydrogen-bond donors (Lipinski definition) is 0. The standard InChI is InChI=1S/C15H22O4/c1-12-4-5-14(13(2)10-12)15(16)11-19-9-8-18-7-6-17-3/h4-5,10H,6-9,11H2,1-3H3. The van der Waals surface area contributed by atoms with Gasteiger partial charge < -0.3 is 14.2 Å². The molecule has 0 aromatic heterocycles. The molecule has 0 aliphatic heterocycles. The first-order valence-electron chi connectivity index (χ1n) is 6.40. The van der Waals surface area contributed by atoms with Crippen molar-refractivity contribution in [2.75, 3.05) is 40.1 Å². The molecule has 1 rings (SSSR count). The van der Waals surface area contributed by atoms with Gasteiger partial charge in [0.2, 0.25) is 0 Å². The molecular formula is C15H22O4. The average Bonchev–Trinajstić information content (AvgIpc) is 2.37. The normalized spacial score (nSPS) is 10.7. The van der Waals surface area contributed by atoms with Gasteiger partial charge in [0, 0.05) is 12.7 Å². The predicted molar refractivity (Wildman–Crippen MR) is 73.8 cm³/mol. The summed E-state index contributed by atoms with van der Waals surface area (Å²) in [4.78, 5) is 11.9. The van der Waals surface area contributed by atoms with Crippen molar-refractivity contribution in [2.24, 2.45) is 0 Å². The number of hydrogen-bond acceptors (Lipinski definition) is 4. The van der Waals surface area contributed by atoms with E-state index in [9.17, 15) is 4.79 Å².